The van der Waals surface area contributed by atoms with Gasteiger partial charge in [0.15, 0.2) is 0 Å². The van der Waals surface area contributed by atoms with Crippen molar-refractivity contribution in [2.75, 3.05) is 0 Å². The molecule has 0 unspecified atom stereocenters. The number of hydrogen-bond donors (Lipinski definition) is 1. The first-order valence-electron chi connectivity index (χ1n) is 4.86. The molecule has 0 saturated heterocycles. The van der Waals surface area contributed by atoms with Gasteiger partial charge in [-0.25, -0.2) is 4.98 Å². The highest BCUT2D eigenvalue weighted by molar-refractivity contribution is 7.11. The molecule has 0 amide bonds. The van der Waals surface area contributed by atoms with Gasteiger partial charge < -0.3 is 5.11 Å². The topological polar surface area (TPSA) is 33.1 Å². The Morgan fingerprint density at radius 1 is 1.38 bits per heavy atom. The summed E-state index contributed by atoms with van der Waals surface area (Å²) in [6.45, 7) is 1.99. The van der Waals surface area contributed by atoms with E-state index >= 15 is 0 Å². The lowest BCUT2D eigenvalue weighted by Gasteiger charge is -2.30. The number of aliphatic hydroxyl groups is 1. The molecule has 1 aromatic rings. The van der Waals surface area contributed by atoms with E-state index in [2.05, 4.69) is 4.98 Å². The van der Waals surface area contributed by atoms with Crippen molar-refractivity contribution in [3.8, 4) is 0 Å². The van der Waals surface area contributed by atoms with Gasteiger partial charge in [-0.1, -0.05) is 19.3 Å². The van der Waals surface area contributed by atoms with Gasteiger partial charge in [0.2, 0.25) is 0 Å². The van der Waals surface area contributed by atoms with Gasteiger partial charge in [-0.05, 0) is 19.8 Å². The van der Waals surface area contributed by atoms with Crippen molar-refractivity contribution in [3.05, 3.63) is 16.1 Å². The lowest BCUT2D eigenvalue weighted by molar-refractivity contribution is 0.00265. The Morgan fingerprint density at radius 2 is 2.08 bits per heavy atom. The van der Waals surface area contributed by atoms with Gasteiger partial charge in [-0.15, -0.1) is 11.3 Å². The van der Waals surface area contributed by atoms with Crippen LogP contribution in [0.4, 0.5) is 0 Å². The maximum Gasteiger partial charge on any atom is 0.100 e. The molecule has 0 atom stereocenters. The molecule has 1 aromatic heterocycles. The predicted molar refractivity (Wildman–Crippen MR) is 53.8 cm³/mol. The van der Waals surface area contributed by atoms with Crippen LogP contribution in [0, 0.1) is 6.92 Å². The fraction of sp³-hybridized carbons (Fsp3) is 0.700. The minimum atomic E-state index is -0.551. The number of aryl methyl sites for hydroxylation is 1. The number of aromatic nitrogens is 1. The van der Waals surface area contributed by atoms with Crippen LogP contribution in [0.25, 0.3) is 0 Å². The first-order chi connectivity index (χ1) is 6.21. The molecule has 2 nitrogen and oxygen atoms in total. The lowest BCUT2D eigenvalue weighted by Crippen LogP contribution is -2.27. The summed E-state index contributed by atoms with van der Waals surface area (Å²) in [5.41, 5.74) is -0.551. The molecule has 0 radical (unpaired) electrons. The van der Waals surface area contributed by atoms with Crippen LogP contribution in [0.3, 0.4) is 0 Å². The maximum atomic E-state index is 10.3. The fourth-order valence-corrected chi connectivity index (χ4v) is 2.88. The summed E-state index contributed by atoms with van der Waals surface area (Å²) in [7, 11) is 0. The summed E-state index contributed by atoms with van der Waals surface area (Å²) in [6, 6.07) is 0. The molecule has 0 aromatic carbocycles. The summed E-state index contributed by atoms with van der Waals surface area (Å²) in [5.74, 6) is 0. The molecule has 1 saturated carbocycles. The molecule has 1 fully saturated rings. The average molecular weight is 197 g/mol. The van der Waals surface area contributed by atoms with Crippen molar-refractivity contribution in [1.29, 1.82) is 0 Å². The predicted octanol–water partition coefficient (Wildman–Crippen LogP) is 2.60. The summed E-state index contributed by atoms with van der Waals surface area (Å²) in [4.78, 5) is 5.26. The molecule has 1 aliphatic carbocycles. The third kappa shape index (κ3) is 1.76. The van der Waals surface area contributed by atoms with Crippen molar-refractivity contribution < 1.29 is 5.11 Å². The third-order valence-corrected chi connectivity index (χ3v) is 3.87. The van der Waals surface area contributed by atoms with Crippen molar-refractivity contribution in [2.24, 2.45) is 0 Å². The highest BCUT2D eigenvalue weighted by Gasteiger charge is 2.32. The van der Waals surface area contributed by atoms with Crippen LogP contribution >= 0.6 is 11.3 Å². The van der Waals surface area contributed by atoms with E-state index in [4.69, 9.17) is 0 Å². The van der Waals surface area contributed by atoms with Crippen LogP contribution in [-0.2, 0) is 5.60 Å². The number of hydrogen-bond acceptors (Lipinski definition) is 3. The molecule has 0 spiro atoms. The normalized spacial score (nSPS) is 21.7. The van der Waals surface area contributed by atoms with Crippen LogP contribution in [0.2, 0.25) is 0 Å². The van der Waals surface area contributed by atoms with E-state index < -0.39 is 5.60 Å². The van der Waals surface area contributed by atoms with Crippen LogP contribution in [0.1, 0.15) is 42.0 Å². The van der Waals surface area contributed by atoms with Crippen molar-refractivity contribution >= 4 is 11.3 Å². The van der Waals surface area contributed by atoms with Gasteiger partial charge in [0, 0.05) is 6.20 Å². The Bertz CT molecular complexity index is 289. The monoisotopic (exact) mass is 197 g/mol. The lowest BCUT2D eigenvalue weighted by atomic mass is 9.84. The number of thiazole rings is 1. The molecule has 1 N–H and O–H groups in total. The zero-order valence-corrected chi connectivity index (χ0v) is 8.73. The van der Waals surface area contributed by atoms with Gasteiger partial charge >= 0.3 is 0 Å². The van der Waals surface area contributed by atoms with Crippen molar-refractivity contribution in [3.63, 3.8) is 0 Å². The highest BCUT2D eigenvalue weighted by Crippen LogP contribution is 2.39. The molecular formula is C10H15NOS. The zero-order chi connectivity index (χ0) is 9.31. The molecule has 2 rings (SSSR count). The van der Waals surface area contributed by atoms with Gasteiger partial charge in [0.25, 0.3) is 0 Å². The van der Waals surface area contributed by atoms with E-state index in [0.29, 0.717) is 0 Å². The van der Waals surface area contributed by atoms with Gasteiger partial charge in [-0.2, -0.15) is 0 Å². The minimum absolute atomic E-state index is 0.551. The van der Waals surface area contributed by atoms with E-state index in [1.54, 1.807) is 11.3 Å². The smallest absolute Gasteiger partial charge is 0.100 e. The minimum Gasteiger partial charge on any atom is -0.384 e. The van der Waals surface area contributed by atoms with Crippen molar-refractivity contribution in [2.45, 2.75) is 44.6 Å². The van der Waals surface area contributed by atoms with Gasteiger partial charge in [0.1, 0.15) is 5.60 Å². The Balaban J connectivity index is 2.22. The first kappa shape index (κ1) is 9.16. The van der Waals surface area contributed by atoms with Crippen LogP contribution in [-0.4, -0.2) is 10.1 Å². The van der Waals surface area contributed by atoms with E-state index in [0.717, 1.165) is 35.6 Å². The second-order valence-electron chi connectivity index (χ2n) is 3.84. The molecule has 0 aliphatic heterocycles. The van der Waals surface area contributed by atoms with E-state index in [9.17, 15) is 5.11 Å². The van der Waals surface area contributed by atoms with Gasteiger partial charge in [0.05, 0.1) is 9.88 Å². The highest BCUT2D eigenvalue weighted by atomic mass is 32.1. The van der Waals surface area contributed by atoms with Gasteiger partial charge in [-0.3, -0.25) is 0 Å². The van der Waals surface area contributed by atoms with Crippen LogP contribution < -0.4 is 0 Å². The summed E-state index contributed by atoms with van der Waals surface area (Å²) in [5, 5.41) is 11.4. The van der Waals surface area contributed by atoms with E-state index in [-0.39, 0.29) is 0 Å². The van der Waals surface area contributed by atoms with Crippen molar-refractivity contribution in [1.82, 2.24) is 4.98 Å². The van der Waals surface area contributed by atoms with Crippen LogP contribution in [0.5, 0.6) is 0 Å². The standard InChI is InChI=1S/C10H15NOS/c1-8-11-7-9(13-8)10(12)5-3-2-4-6-10/h7,12H,2-6H2,1H3. The summed E-state index contributed by atoms with van der Waals surface area (Å²) >= 11 is 1.63. The quantitative estimate of drug-likeness (QED) is 0.750. The van der Waals surface area contributed by atoms with E-state index in [1.165, 1.54) is 6.42 Å². The Morgan fingerprint density at radius 3 is 2.62 bits per heavy atom. The molecule has 72 valence electrons. The second kappa shape index (κ2) is 3.39. The molecule has 0 bridgehead atoms. The third-order valence-electron chi connectivity index (χ3n) is 2.76. The largest absolute Gasteiger partial charge is 0.384 e. The Hall–Kier alpha value is -0.410. The molecule has 3 heteroatoms. The zero-order valence-electron chi connectivity index (χ0n) is 7.92. The Labute approximate surface area is 82.6 Å². The average Bonchev–Trinajstić information content (AvgIpc) is 2.54. The first-order valence-corrected chi connectivity index (χ1v) is 5.68. The Kier molecular flexibility index (Phi) is 2.39. The number of rotatable bonds is 1. The fourth-order valence-electron chi connectivity index (χ4n) is 1.96. The molecule has 13 heavy (non-hydrogen) atoms. The molecule has 1 heterocycles. The second-order valence-corrected chi connectivity index (χ2v) is 5.07. The van der Waals surface area contributed by atoms with Crippen LogP contribution in [0.15, 0.2) is 6.20 Å². The summed E-state index contributed by atoms with van der Waals surface area (Å²) < 4.78 is 0. The maximum absolute atomic E-state index is 10.3. The summed E-state index contributed by atoms with van der Waals surface area (Å²) in [6.07, 6.45) is 7.22. The van der Waals surface area contributed by atoms with E-state index in [1.807, 2.05) is 13.1 Å². The number of nitrogens with zero attached hydrogens (tertiary/aromatic N) is 1. The molecule has 1 aliphatic rings. The SMILES string of the molecule is Cc1ncc(C2(O)CCCCC2)s1. The molecular weight excluding hydrogens is 182 g/mol.